The second-order valence-corrected chi connectivity index (χ2v) is 6.32. The van der Waals surface area contributed by atoms with Crippen LogP contribution < -0.4 is 5.32 Å². The fourth-order valence-corrected chi connectivity index (χ4v) is 3.44. The predicted octanol–water partition coefficient (Wildman–Crippen LogP) is 2.99. The number of fused-ring (bicyclic) bond motifs is 1. The minimum atomic E-state index is 0.549. The van der Waals surface area contributed by atoms with E-state index in [4.69, 9.17) is 4.52 Å². The molecule has 2 unspecified atom stereocenters. The van der Waals surface area contributed by atoms with Crippen LogP contribution in [-0.2, 0) is 0 Å². The number of aromatic nitrogens is 3. The van der Waals surface area contributed by atoms with Crippen LogP contribution in [0, 0.1) is 6.92 Å². The summed E-state index contributed by atoms with van der Waals surface area (Å²) in [5.74, 6) is 0.823. The van der Waals surface area contributed by atoms with Crippen molar-refractivity contribution in [1.82, 2.24) is 20.0 Å². The fraction of sp³-hybridized carbons (Fsp3) is 0.688. The molecular formula is C16H25N5O. The van der Waals surface area contributed by atoms with E-state index in [2.05, 4.69) is 39.2 Å². The minimum absolute atomic E-state index is 0.549. The van der Waals surface area contributed by atoms with Crippen LogP contribution in [0.2, 0.25) is 0 Å². The van der Waals surface area contributed by atoms with Crippen molar-refractivity contribution in [3.05, 3.63) is 12.0 Å². The quantitative estimate of drug-likeness (QED) is 0.857. The molecule has 1 saturated heterocycles. The van der Waals surface area contributed by atoms with Gasteiger partial charge < -0.3 is 9.84 Å². The van der Waals surface area contributed by atoms with Gasteiger partial charge in [0.25, 0.3) is 5.71 Å². The molecule has 22 heavy (non-hydrogen) atoms. The summed E-state index contributed by atoms with van der Waals surface area (Å²) in [6.45, 7) is 8.63. The van der Waals surface area contributed by atoms with E-state index in [-0.39, 0.29) is 0 Å². The second kappa shape index (κ2) is 6.60. The lowest BCUT2D eigenvalue weighted by molar-refractivity contribution is 0.103. The SMILES string of the molecule is Cc1noc2ncnc(NCCCN3C(C)CCCC3C)c12. The molecule has 1 aliphatic heterocycles. The molecule has 2 atom stereocenters. The zero-order valence-corrected chi connectivity index (χ0v) is 13.7. The van der Waals surface area contributed by atoms with E-state index >= 15 is 0 Å². The van der Waals surface area contributed by atoms with E-state index in [1.807, 2.05) is 6.92 Å². The molecule has 0 bridgehead atoms. The zero-order valence-electron chi connectivity index (χ0n) is 13.7. The number of rotatable bonds is 5. The molecule has 0 saturated carbocycles. The third-order valence-electron chi connectivity index (χ3n) is 4.70. The van der Waals surface area contributed by atoms with Crippen LogP contribution in [0.3, 0.4) is 0 Å². The first-order valence-corrected chi connectivity index (χ1v) is 8.23. The van der Waals surface area contributed by atoms with Crippen molar-refractivity contribution < 1.29 is 4.52 Å². The molecule has 3 rings (SSSR count). The molecule has 0 spiro atoms. The normalized spacial score (nSPS) is 23.0. The number of hydrogen-bond acceptors (Lipinski definition) is 6. The third kappa shape index (κ3) is 3.06. The Bertz CT molecular complexity index is 616. The van der Waals surface area contributed by atoms with E-state index in [1.165, 1.54) is 25.6 Å². The number of nitrogens with zero attached hydrogens (tertiary/aromatic N) is 4. The highest BCUT2D eigenvalue weighted by atomic mass is 16.5. The number of aryl methyl sites for hydroxylation is 1. The van der Waals surface area contributed by atoms with Crippen molar-refractivity contribution in [1.29, 1.82) is 0 Å². The number of hydrogen-bond donors (Lipinski definition) is 1. The maximum absolute atomic E-state index is 5.17. The Morgan fingerprint density at radius 1 is 1.27 bits per heavy atom. The molecule has 120 valence electrons. The molecule has 0 aromatic carbocycles. The topological polar surface area (TPSA) is 67.1 Å². The molecule has 6 nitrogen and oxygen atoms in total. The average Bonchev–Trinajstić information content (AvgIpc) is 2.88. The van der Waals surface area contributed by atoms with Crippen LogP contribution in [0.25, 0.3) is 11.1 Å². The van der Waals surface area contributed by atoms with Gasteiger partial charge in [0.05, 0.1) is 5.69 Å². The van der Waals surface area contributed by atoms with Crippen LogP contribution in [0.1, 0.15) is 45.2 Å². The van der Waals surface area contributed by atoms with Crippen LogP contribution in [0.5, 0.6) is 0 Å². The first kappa shape index (κ1) is 15.2. The van der Waals surface area contributed by atoms with Crippen LogP contribution in [-0.4, -0.2) is 45.2 Å². The smallest absolute Gasteiger partial charge is 0.263 e. The Balaban J connectivity index is 1.55. The minimum Gasteiger partial charge on any atom is -0.369 e. The highest BCUT2D eigenvalue weighted by molar-refractivity contribution is 5.87. The van der Waals surface area contributed by atoms with Crippen LogP contribution in [0.4, 0.5) is 5.82 Å². The molecule has 3 heterocycles. The maximum atomic E-state index is 5.17. The van der Waals surface area contributed by atoms with E-state index in [0.717, 1.165) is 36.4 Å². The number of likely N-dealkylation sites (tertiary alicyclic amines) is 1. The summed E-state index contributed by atoms with van der Waals surface area (Å²) in [5, 5.41) is 8.25. The van der Waals surface area contributed by atoms with Crippen LogP contribution >= 0.6 is 0 Å². The lowest BCUT2D eigenvalue weighted by Crippen LogP contribution is -2.44. The van der Waals surface area contributed by atoms with Gasteiger partial charge in [-0.1, -0.05) is 11.6 Å². The summed E-state index contributed by atoms with van der Waals surface area (Å²) >= 11 is 0. The summed E-state index contributed by atoms with van der Waals surface area (Å²) in [5.41, 5.74) is 1.38. The third-order valence-corrected chi connectivity index (χ3v) is 4.70. The summed E-state index contributed by atoms with van der Waals surface area (Å²) in [4.78, 5) is 11.0. The highest BCUT2D eigenvalue weighted by Gasteiger charge is 2.23. The molecule has 2 aromatic heterocycles. The average molecular weight is 303 g/mol. The fourth-order valence-electron chi connectivity index (χ4n) is 3.44. The van der Waals surface area contributed by atoms with E-state index < -0.39 is 0 Å². The van der Waals surface area contributed by atoms with Crippen molar-refractivity contribution in [2.45, 2.75) is 58.5 Å². The molecule has 0 aliphatic carbocycles. The first-order valence-electron chi connectivity index (χ1n) is 8.23. The van der Waals surface area contributed by atoms with Crippen molar-refractivity contribution in [3.8, 4) is 0 Å². The highest BCUT2D eigenvalue weighted by Crippen LogP contribution is 2.24. The Morgan fingerprint density at radius 3 is 2.82 bits per heavy atom. The first-order chi connectivity index (χ1) is 10.7. The Morgan fingerprint density at radius 2 is 2.05 bits per heavy atom. The number of nitrogens with one attached hydrogen (secondary N) is 1. The van der Waals surface area contributed by atoms with E-state index in [0.29, 0.717) is 17.8 Å². The molecule has 1 fully saturated rings. The van der Waals surface area contributed by atoms with E-state index in [1.54, 1.807) is 0 Å². The van der Waals surface area contributed by atoms with Gasteiger partial charge in [0.1, 0.15) is 17.5 Å². The lowest BCUT2D eigenvalue weighted by Gasteiger charge is -2.39. The van der Waals surface area contributed by atoms with Gasteiger partial charge in [0.2, 0.25) is 0 Å². The lowest BCUT2D eigenvalue weighted by atomic mass is 9.97. The van der Waals surface area contributed by atoms with E-state index in [9.17, 15) is 0 Å². The Hall–Kier alpha value is -1.69. The van der Waals surface area contributed by atoms with Gasteiger partial charge in [-0.25, -0.2) is 4.98 Å². The molecule has 0 amide bonds. The van der Waals surface area contributed by atoms with Crippen molar-refractivity contribution >= 4 is 16.9 Å². The maximum Gasteiger partial charge on any atom is 0.263 e. The Labute approximate surface area is 131 Å². The van der Waals surface area contributed by atoms with Crippen molar-refractivity contribution in [2.75, 3.05) is 18.4 Å². The second-order valence-electron chi connectivity index (χ2n) is 6.32. The van der Waals surface area contributed by atoms with Gasteiger partial charge in [0.15, 0.2) is 0 Å². The predicted molar refractivity (Wildman–Crippen MR) is 86.9 cm³/mol. The monoisotopic (exact) mass is 303 g/mol. The molecule has 1 N–H and O–H groups in total. The largest absolute Gasteiger partial charge is 0.369 e. The summed E-state index contributed by atoms with van der Waals surface area (Å²) < 4.78 is 5.17. The molecule has 6 heteroatoms. The van der Waals surface area contributed by atoms with Gasteiger partial charge >= 0.3 is 0 Å². The Kier molecular flexibility index (Phi) is 4.57. The van der Waals surface area contributed by atoms with Gasteiger partial charge in [-0.15, -0.1) is 0 Å². The van der Waals surface area contributed by atoms with Gasteiger partial charge in [-0.05, 0) is 40.0 Å². The summed E-state index contributed by atoms with van der Waals surface area (Å²) in [7, 11) is 0. The van der Waals surface area contributed by atoms with Gasteiger partial charge in [-0.2, -0.15) is 4.98 Å². The van der Waals surface area contributed by atoms with Gasteiger partial charge in [0, 0.05) is 25.2 Å². The zero-order chi connectivity index (χ0) is 15.5. The number of piperidine rings is 1. The van der Waals surface area contributed by atoms with Crippen molar-refractivity contribution in [2.24, 2.45) is 0 Å². The molecule has 1 aliphatic rings. The van der Waals surface area contributed by atoms with Crippen LogP contribution in [0.15, 0.2) is 10.9 Å². The van der Waals surface area contributed by atoms with Crippen molar-refractivity contribution in [3.63, 3.8) is 0 Å². The molecule has 2 aromatic rings. The molecule has 0 radical (unpaired) electrons. The molecular weight excluding hydrogens is 278 g/mol. The summed E-state index contributed by atoms with van der Waals surface area (Å²) in [6, 6.07) is 1.41. The summed E-state index contributed by atoms with van der Waals surface area (Å²) in [6.07, 6.45) is 6.63. The van der Waals surface area contributed by atoms with Gasteiger partial charge in [-0.3, -0.25) is 4.90 Å². The standard InChI is InChI=1S/C16H25N5O/c1-11-6-4-7-12(2)21(11)9-5-8-17-15-14-13(3)20-22-16(14)19-10-18-15/h10-12H,4-9H2,1-3H3,(H,17,18,19). The number of anilines is 1.